The summed E-state index contributed by atoms with van der Waals surface area (Å²) in [7, 11) is -4.37. The van der Waals surface area contributed by atoms with Crippen molar-refractivity contribution >= 4 is 58.6 Å². The van der Waals surface area contributed by atoms with Gasteiger partial charge < -0.3 is 34.0 Å². The highest BCUT2D eigenvalue weighted by Crippen LogP contribution is 2.66. The third-order valence-corrected chi connectivity index (χ3v) is 14.7. The fraction of sp³-hybridized carbons (Fsp3) is 0.513. The van der Waals surface area contributed by atoms with E-state index in [2.05, 4.69) is 10.1 Å². The first-order valence-electron chi connectivity index (χ1n) is 19.1. The van der Waals surface area contributed by atoms with Gasteiger partial charge in [0.1, 0.15) is 17.8 Å². The van der Waals surface area contributed by atoms with Crippen LogP contribution in [0.3, 0.4) is 0 Å². The van der Waals surface area contributed by atoms with E-state index in [9.17, 15) is 28.5 Å². The zero-order chi connectivity index (χ0) is 40.1. The largest absolute Gasteiger partial charge is 0.467 e. The second kappa shape index (κ2) is 15.7. The smallest absolute Gasteiger partial charge is 0.453 e. The number of ether oxygens (including phenoxy) is 2. The molecular weight excluding hydrogens is 785 g/mol. The van der Waals surface area contributed by atoms with Gasteiger partial charge in [-0.1, -0.05) is 24.3 Å². The molecule has 18 heteroatoms. The van der Waals surface area contributed by atoms with Crippen molar-refractivity contribution in [2.45, 2.75) is 55.9 Å². The lowest BCUT2D eigenvalue weighted by molar-refractivity contribution is -0.156. The molecule has 5 aliphatic rings. The first-order valence-corrected chi connectivity index (χ1v) is 21.5. The highest BCUT2D eigenvalue weighted by Gasteiger charge is 2.57. The summed E-state index contributed by atoms with van der Waals surface area (Å²) in [5.41, 5.74) is -4.97. The van der Waals surface area contributed by atoms with Crippen molar-refractivity contribution in [1.29, 1.82) is 0 Å². The van der Waals surface area contributed by atoms with Crippen LogP contribution in [-0.4, -0.2) is 116 Å². The predicted octanol–water partition coefficient (Wildman–Crippen LogP) is 4.62. The molecule has 0 spiro atoms. The topological polar surface area (TPSA) is 161 Å². The Kier molecular flexibility index (Phi) is 10.9. The number of esters is 1. The van der Waals surface area contributed by atoms with Crippen LogP contribution in [0.25, 0.3) is 10.1 Å². The first kappa shape index (κ1) is 39.4. The minimum atomic E-state index is -5.40. The lowest BCUT2D eigenvalue weighted by Gasteiger charge is -2.44. The molecule has 1 aliphatic carbocycles. The van der Waals surface area contributed by atoms with Crippen LogP contribution in [0, 0.1) is 17.8 Å². The van der Waals surface area contributed by atoms with E-state index in [1.807, 2.05) is 0 Å². The van der Waals surface area contributed by atoms with Crippen molar-refractivity contribution in [2.75, 3.05) is 53.1 Å². The average molecular weight is 829 g/mol. The Hall–Kier alpha value is -4.44. The molecule has 2 aromatic carbocycles. The van der Waals surface area contributed by atoms with E-state index in [-0.39, 0.29) is 51.6 Å². The Morgan fingerprint density at radius 3 is 2.42 bits per heavy atom. The average Bonchev–Trinajstić information content (AvgIpc) is 3.54. The monoisotopic (exact) mass is 828 g/mol. The molecule has 6 atom stereocenters. The maximum absolute atomic E-state index is 16.2. The van der Waals surface area contributed by atoms with Gasteiger partial charge >= 0.3 is 19.2 Å². The van der Waals surface area contributed by atoms with Gasteiger partial charge in [0.25, 0.3) is 5.91 Å². The number of hydrogen-bond donors (Lipinski definition) is 1. The maximum atomic E-state index is 16.2. The molecule has 4 saturated heterocycles. The fourth-order valence-corrected chi connectivity index (χ4v) is 10.8. The summed E-state index contributed by atoms with van der Waals surface area (Å²) in [6, 6.07) is 10.5. The number of hydrogen-bond acceptors (Lipinski definition) is 11. The molecule has 8 rings (SSSR count). The van der Waals surface area contributed by atoms with Crippen LogP contribution < -0.4 is 9.84 Å². The molecular formula is C39H43F2N4O10PS. The summed E-state index contributed by atoms with van der Waals surface area (Å²) in [5, 5.41) is 3.15. The summed E-state index contributed by atoms with van der Waals surface area (Å²) in [6.45, 7) is 1.62. The number of rotatable bonds is 11. The van der Waals surface area contributed by atoms with Gasteiger partial charge in [-0.25, -0.2) is 9.36 Å². The maximum Gasteiger partial charge on any atom is 0.453 e. The molecule has 3 aromatic rings. The van der Waals surface area contributed by atoms with Crippen molar-refractivity contribution in [3.05, 3.63) is 65.0 Å². The van der Waals surface area contributed by atoms with Crippen molar-refractivity contribution in [3.63, 3.8) is 0 Å². The van der Waals surface area contributed by atoms with E-state index < -0.39 is 49.4 Å². The van der Waals surface area contributed by atoms with Crippen LogP contribution in [0.5, 0.6) is 5.75 Å². The van der Waals surface area contributed by atoms with E-state index in [1.165, 1.54) is 36.4 Å². The first-order chi connectivity index (χ1) is 27.3. The van der Waals surface area contributed by atoms with Crippen molar-refractivity contribution in [1.82, 2.24) is 20.0 Å². The summed E-state index contributed by atoms with van der Waals surface area (Å²) in [6.07, 6.45) is 3.34. The Labute approximate surface area is 331 Å². The SMILES string of the molecule is COC(=O)COP(=O)(Oc1ccccc1)C(F)(F)c1ccc2sc(C(=O)N[C@H]3C[C@@H]4C[C@@H]4C[C@H]4CC[C@@H](C(=O)N5CC(C(=O)N6CCOCC6)C5)N4C3=O)cc2c1. The zero-order valence-corrected chi connectivity index (χ0v) is 32.9. The molecule has 1 unspecified atom stereocenters. The molecule has 5 heterocycles. The van der Waals surface area contributed by atoms with Crippen LogP contribution in [0.2, 0.25) is 0 Å². The minimum Gasteiger partial charge on any atom is -0.467 e. The molecule has 14 nitrogen and oxygen atoms in total. The van der Waals surface area contributed by atoms with Crippen LogP contribution in [-0.2, 0) is 43.4 Å². The molecule has 4 aliphatic heterocycles. The molecule has 5 fully saturated rings. The molecule has 57 heavy (non-hydrogen) atoms. The Morgan fingerprint density at radius 2 is 1.68 bits per heavy atom. The van der Waals surface area contributed by atoms with Crippen LogP contribution in [0.15, 0.2) is 54.6 Å². The number of alkyl halides is 2. The molecule has 0 bridgehead atoms. The third-order valence-electron chi connectivity index (χ3n) is 11.7. The quantitative estimate of drug-likeness (QED) is 0.214. The number of likely N-dealkylation sites (tertiary alicyclic amines) is 1. The number of benzene rings is 2. The van der Waals surface area contributed by atoms with Gasteiger partial charge in [-0.15, -0.1) is 11.3 Å². The number of fused-ring (bicyclic) bond motifs is 3. The third kappa shape index (κ3) is 7.78. The molecule has 4 amide bonds. The molecule has 1 saturated carbocycles. The van der Waals surface area contributed by atoms with Crippen molar-refractivity contribution in [3.8, 4) is 5.75 Å². The van der Waals surface area contributed by atoms with Crippen LogP contribution in [0.4, 0.5) is 8.78 Å². The van der Waals surface area contributed by atoms with Gasteiger partial charge in [0, 0.05) is 42.5 Å². The molecule has 1 aromatic heterocycles. The van der Waals surface area contributed by atoms with E-state index in [1.54, 1.807) is 20.8 Å². The Balaban J connectivity index is 0.971. The normalized spacial score (nSPS) is 26.0. The lowest BCUT2D eigenvalue weighted by atomic mass is 9.96. The minimum absolute atomic E-state index is 0.0180. The van der Waals surface area contributed by atoms with Gasteiger partial charge in [0.05, 0.1) is 31.1 Å². The zero-order valence-electron chi connectivity index (χ0n) is 31.2. The standard InChI is InChI=1S/C39H43F2N4O10PS/c1-52-34(46)22-54-56(51,55-29-5-3-2-4-6-29)39(40,41)27-7-10-32-25(16-27)19-33(57-32)35(47)42-30-18-24-15-23(24)17-28-8-9-31(45(28)37(30)49)38(50)44-20-26(21-44)36(48)43-11-13-53-14-12-43/h2-7,10,16,19,23-24,26,28,30-31H,8-9,11-15,17-18,20-22H2,1H3,(H,42,47)/t23-,24+,28-,30+,31+,56?/m1/s1. The van der Waals surface area contributed by atoms with Crippen LogP contribution >= 0.6 is 18.9 Å². The molecule has 0 radical (unpaired) electrons. The number of morpholine rings is 1. The number of nitrogens with one attached hydrogen (secondary N) is 1. The van der Waals surface area contributed by atoms with Crippen molar-refractivity contribution in [2.24, 2.45) is 17.8 Å². The summed E-state index contributed by atoms with van der Waals surface area (Å²) < 4.78 is 66.6. The number of amides is 4. The summed E-state index contributed by atoms with van der Waals surface area (Å²) in [5.74, 6) is -1.86. The van der Waals surface area contributed by atoms with Crippen LogP contribution in [0.1, 0.15) is 47.3 Å². The highest BCUT2D eigenvalue weighted by atomic mass is 32.1. The Bertz CT molecular complexity index is 2110. The second-order valence-corrected chi connectivity index (χ2v) is 18.4. The molecule has 304 valence electrons. The van der Waals surface area contributed by atoms with Crippen molar-refractivity contribution < 1.29 is 55.8 Å². The van der Waals surface area contributed by atoms with Gasteiger partial charge in [-0.2, -0.15) is 8.78 Å². The highest BCUT2D eigenvalue weighted by molar-refractivity contribution is 7.55. The van der Waals surface area contributed by atoms with Gasteiger partial charge in [-0.3, -0.25) is 23.7 Å². The second-order valence-electron chi connectivity index (χ2n) is 15.3. The molecule has 1 N–H and O–H groups in total. The van der Waals surface area contributed by atoms with E-state index in [4.69, 9.17) is 13.8 Å². The summed E-state index contributed by atoms with van der Waals surface area (Å²) in [4.78, 5) is 72.0. The number of para-hydroxylation sites is 1. The Morgan fingerprint density at radius 1 is 0.947 bits per heavy atom. The van der Waals surface area contributed by atoms with Gasteiger partial charge in [0.2, 0.25) is 17.7 Å². The van der Waals surface area contributed by atoms with Gasteiger partial charge in [0.15, 0.2) is 6.61 Å². The number of carbonyl (C=O) groups is 5. The van der Waals surface area contributed by atoms with Gasteiger partial charge in [-0.05, 0) is 79.7 Å². The number of carbonyl (C=O) groups excluding carboxylic acids is 5. The lowest BCUT2D eigenvalue weighted by Crippen LogP contribution is -2.62. The van der Waals surface area contributed by atoms with E-state index >= 15 is 8.78 Å². The predicted molar refractivity (Wildman–Crippen MR) is 202 cm³/mol. The number of methoxy groups -OCH3 is 1. The van der Waals surface area contributed by atoms with E-state index in [0.717, 1.165) is 43.4 Å². The van der Waals surface area contributed by atoms with E-state index in [0.29, 0.717) is 69.3 Å². The fourth-order valence-electron chi connectivity index (χ4n) is 8.41. The number of thiophene rings is 1. The number of halogens is 2. The number of nitrogens with zero attached hydrogens (tertiary/aromatic N) is 3. The summed E-state index contributed by atoms with van der Waals surface area (Å²) >= 11 is 1.04.